The van der Waals surface area contributed by atoms with Gasteiger partial charge in [0, 0.05) is 37.8 Å². The highest BCUT2D eigenvalue weighted by Gasteiger charge is 2.23. The topological polar surface area (TPSA) is 35.6 Å². The number of nitrogens with zero attached hydrogens (tertiary/aromatic N) is 2. The smallest absolute Gasteiger partial charge is 0.253 e. The van der Waals surface area contributed by atoms with Crippen LogP contribution in [0.2, 0.25) is 0 Å². The van der Waals surface area contributed by atoms with Gasteiger partial charge in [-0.2, -0.15) is 0 Å². The minimum absolute atomic E-state index is 0.150. The number of nitrogens with one attached hydrogen (secondary N) is 1. The van der Waals surface area contributed by atoms with Crippen molar-refractivity contribution in [1.82, 2.24) is 15.1 Å². The van der Waals surface area contributed by atoms with E-state index < -0.39 is 0 Å². The monoisotopic (exact) mass is 351 g/mol. The molecule has 138 valence electrons. The number of amides is 1. The van der Waals surface area contributed by atoms with Gasteiger partial charge in [-0.25, -0.2) is 0 Å². The molecule has 1 heterocycles. The molecule has 1 fully saturated rings. The second-order valence-corrected chi connectivity index (χ2v) is 7.24. The predicted molar refractivity (Wildman–Crippen MR) is 106 cm³/mol. The van der Waals surface area contributed by atoms with Gasteiger partial charge in [0.05, 0.1) is 0 Å². The van der Waals surface area contributed by atoms with Crippen molar-refractivity contribution in [2.45, 2.75) is 32.0 Å². The zero-order valence-corrected chi connectivity index (χ0v) is 15.8. The molecule has 0 aromatic heterocycles. The normalized spacial score (nSPS) is 17.5. The van der Waals surface area contributed by atoms with Crippen LogP contribution in [0.25, 0.3) is 0 Å². The molecule has 3 rings (SSSR count). The van der Waals surface area contributed by atoms with Gasteiger partial charge in [-0.1, -0.05) is 42.5 Å². The van der Waals surface area contributed by atoms with Crippen molar-refractivity contribution >= 4 is 5.91 Å². The zero-order chi connectivity index (χ0) is 18.4. The Balaban J connectivity index is 1.63. The fourth-order valence-corrected chi connectivity index (χ4v) is 3.65. The van der Waals surface area contributed by atoms with E-state index in [1.54, 1.807) is 0 Å². The third-order valence-electron chi connectivity index (χ3n) is 5.04. The van der Waals surface area contributed by atoms with E-state index in [-0.39, 0.29) is 5.91 Å². The second-order valence-electron chi connectivity index (χ2n) is 7.24. The van der Waals surface area contributed by atoms with Gasteiger partial charge < -0.3 is 10.2 Å². The standard InChI is InChI=1S/C22H29N3O/c1-23-21-12-7-13-25(17-21)22(26)20-11-6-10-19(14-20)16-24(2)15-18-8-4-3-5-9-18/h3-6,8-11,14,21,23H,7,12-13,15-17H2,1-2H3. The number of carbonyl (C=O) groups is 1. The van der Waals surface area contributed by atoms with Gasteiger partial charge in [0.15, 0.2) is 0 Å². The zero-order valence-electron chi connectivity index (χ0n) is 15.8. The van der Waals surface area contributed by atoms with E-state index in [1.807, 2.05) is 36.2 Å². The highest BCUT2D eigenvalue weighted by Crippen LogP contribution is 2.16. The fraction of sp³-hybridized carbons (Fsp3) is 0.409. The summed E-state index contributed by atoms with van der Waals surface area (Å²) in [6, 6.07) is 19.0. The number of hydrogen-bond acceptors (Lipinski definition) is 3. The molecule has 0 spiro atoms. The van der Waals surface area contributed by atoms with Crippen LogP contribution in [0.15, 0.2) is 54.6 Å². The summed E-state index contributed by atoms with van der Waals surface area (Å²) in [6.45, 7) is 3.38. The first-order chi connectivity index (χ1) is 12.7. The Kier molecular flexibility index (Phi) is 6.42. The summed E-state index contributed by atoms with van der Waals surface area (Å²) in [4.78, 5) is 17.1. The molecule has 2 aromatic rings. The van der Waals surface area contributed by atoms with Crippen molar-refractivity contribution < 1.29 is 4.79 Å². The molecular formula is C22H29N3O. The highest BCUT2D eigenvalue weighted by atomic mass is 16.2. The van der Waals surface area contributed by atoms with Crippen LogP contribution in [0.1, 0.15) is 34.3 Å². The Morgan fingerprint density at radius 2 is 1.85 bits per heavy atom. The average molecular weight is 351 g/mol. The van der Waals surface area contributed by atoms with Crippen molar-refractivity contribution in [1.29, 1.82) is 0 Å². The Morgan fingerprint density at radius 3 is 2.62 bits per heavy atom. The lowest BCUT2D eigenvalue weighted by molar-refractivity contribution is 0.0698. The molecule has 1 unspecified atom stereocenters. The Labute approximate surface area is 156 Å². The number of hydrogen-bond donors (Lipinski definition) is 1. The van der Waals surface area contributed by atoms with Gasteiger partial charge in [-0.05, 0) is 50.2 Å². The van der Waals surface area contributed by atoms with Crippen molar-refractivity contribution in [3.63, 3.8) is 0 Å². The van der Waals surface area contributed by atoms with Crippen molar-refractivity contribution in [3.05, 3.63) is 71.3 Å². The summed E-state index contributed by atoms with van der Waals surface area (Å²) in [6.07, 6.45) is 2.21. The molecule has 0 saturated carbocycles. The minimum Gasteiger partial charge on any atom is -0.337 e. The van der Waals surface area contributed by atoms with E-state index >= 15 is 0 Å². The lowest BCUT2D eigenvalue weighted by Gasteiger charge is -2.32. The maximum absolute atomic E-state index is 12.9. The Hall–Kier alpha value is -2.17. The lowest BCUT2D eigenvalue weighted by atomic mass is 10.0. The molecule has 2 aromatic carbocycles. The molecule has 4 nitrogen and oxygen atoms in total. The van der Waals surface area contributed by atoms with Crippen LogP contribution in [0, 0.1) is 0 Å². The van der Waals surface area contributed by atoms with Crippen LogP contribution < -0.4 is 5.32 Å². The fourth-order valence-electron chi connectivity index (χ4n) is 3.65. The van der Waals surface area contributed by atoms with E-state index in [9.17, 15) is 4.79 Å². The minimum atomic E-state index is 0.150. The summed E-state index contributed by atoms with van der Waals surface area (Å²) >= 11 is 0. The number of likely N-dealkylation sites (tertiary alicyclic amines) is 1. The van der Waals surface area contributed by atoms with Gasteiger partial charge in [-0.3, -0.25) is 9.69 Å². The summed E-state index contributed by atoms with van der Waals surface area (Å²) in [5.41, 5.74) is 3.28. The maximum atomic E-state index is 12.9. The number of piperidine rings is 1. The van der Waals surface area contributed by atoms with Crippen molar-refractivity contribution in [2.75, 3.05) is 27.2 Å². The van der Waals surface area contributed by atoms with Crippen LogP contribution in [-0.4, -0.2) is 48.9 Å². The highest BCUT2D eigenvalue weighted by molar-refractivity contribution is 5.94. The van der Waals surface area contributed by atoms with E-state index in [2.05, 4.69) is 47.6 Å². The maximum Gasteiger partial charge on any atom is 0.253 e. The molecule has 4 heteroatoms. The molecule has 1 atom stereocenters. The van der Waals surface area contributed by atoms with Crippen molar-refractivity contribution in [2.24, 2.45) is 0 Å². The molecule has 1 amide bonds. The van der Waals surface area contributed by atoms with Gasteiger partial charge in [-0.15, -0.1) is 0 Å². The number of likely N-dealkylation sites (N-methyl/N-ethyl adjacent to an activating group) is 1. The predicted octanol–water partition coefficient (Wildman–Crippen LogP) is 3.14. The molecule has 1 aliphatic rings. The molecule has 1 saturated heterocycles. The van der Waals surface area contributed by atoms with E-state index in [0.717, 1.165) is 44.6 Å². The Bertz CT molecular complexity index is 716. The van der Waals surface area contributed by atoms with Crippen LogP contribution in [0.3, 0.4) is 0 Å². The molecule has 0 aliphatic carbocycles. The SMILES string of the molecule is CNC1CCCN(C(=O)c2cccc(CN(C)Cc3ccccc3)c2)C1. The van der Waals surface area contributed by atoms with Gasteiger partial charge >= 0.3 is 0 Å². The van der Waals surface area contributed by atoms with E-state index in [1.165, 1.54) is 11.1 Å². The van der Waals surface area contributed by atoms with Crippen LogP contribution >= 0.6 is 0 Å². The number of carbonyl (C=O) groups excluding carboxylic acids is 1. The molecule has 0 radical (unpaired) electrons. The average Bonchev–Trinajstić information content (AvgIpc) is 2.68. The van der Waals surface area contributed by atoms with Gasteiger partial charge in [0.2, 0.25) is 0 Å². The van der Waals surface area contributed by atoms with Crippen LogP contribution in [0.4, 0.5) is 0 Å². The van der Waals surface area contributed by atoms with E-state index in [0.29, 0.717) is 6.04 Å². The lowest BCUT2D eigenvalue weighted by Crippen LogP contribution is -2.46. The third-order valence-corrected chi connectivity index (χ3v) is 5.04. The van der Waals surface area contributed by atoms with Crippen LogP contribution in [0.5, 0.6) is 0 Å². The largest absolute Gasteiger partial charge is 0.337 e. The third kappa shape index (κ3) is 4.93. The summed E-state index contributed by atoms with van der Waals surface area (Å²) in [7, 11) is 4.09. The molecule has 1 aliphatic heterocycles. The number of benzene rings is 2. The molecule has 26 heavy (non-hydrogen) atoms. The molecule has 0 bridgehead atoms. The quantitative estimate of drug-likeness (QED) is 0.868. The van der Waals surface area contributed by atoms with Crippen molar-refractivity contribution in [3.8, 4) is 0 Å². The summed E-state index contributed by atoms with van der Waals surface area (Å²) in [5.74, 6) is 0.150. The first kappa shape index (κ1) is 18.6. The first-order valence-corrected chi connectivity index (χ1v) is 9.43. The molecular weight excluding hydrogens is 322 g/mol. The first-order valence-electron chi connectivity index (χ1n) is 9.43. The summed E-state index contributed by atoms with van der Waals surface area (Å²) in [5, 5.41) is 3.30. The Morgan fingerprint density at radius 1 is 1.12 bits per heavy atom. The van der Waals surface area contributed by atoms with Gasteiger partial charge in [0.25, 0.3) is 5.91 Å². The number of rotatable bonds is 6. The summed E-state index contributed by atoms with van der Waals surface area (Å²) < 4.78 is 0. The van der Waals surface area contributed by atoms with Crippen LogP contribution in [-0.2, 0) is 13.1 Å². The van der Waals surface area contributed by atoms with E-state index in [4.69, 9.17) is 0 Å². The molecule has 1 N–H and O–H groups in total. The van der Waals surface area contributed by atoms with Gasteiger partial charge in [0.1, 0.15) is 0 Å². The second kappa shape index (κ2) is 8.97.